The standard InChI is InChI=1S/C12H24N2O/c1-12(2,3)11-8-14(6-5-13-11)10-4-7-15-9-10/h10-11,13H,4-9H2,1-3H3. The van der Waals surface area contributed by atoms with E-state index in [0.29, 0.717) is 17.5 Å². The van der Waals surface area contributed by atoms with Crippen molar-refractivity contribution < 1.29 is 4.74 Å². The quantitative estimate of drug-likeness (QED) is 0.704. The van der Waals surface area contributed by atoms with Crippen molar-refractivity contribution in [3.8, 4) is 0 Å². The molecule has 0 aromatic carbocycles. The molecular formula is C12H24N2O. The zero-order valence-electron chi connectivity index (χ0n) is 10.3. The van der Waals surface area contributed by atoms with Crippen LogP contribution in [0.5, 0.6) is 0 Å². The fourth-order valence-corrected chi connectivity index (χ4v) is 2.49. The summed E-state index contributed by atoms with van der Waals surface area (Å²) >= 11 is 0. The Balaban J connectivity index is 1.92. The predicted octanol–water partition coefficient (Wildman–Crippen LogP) is 1.10. The average Bonchev–Trinajstić information content (AvgIpc) is 2.69. The molecule has 0 amide bonds. The van der Waals surface area contributed by atoms with Gasteiger partial charge in [0.2, 0.25) is 0 Å². The third-order valence-electron chi connectivity index (χ3n) is 3.67. The van der Waals surface area contributed by atoms with E-state index in [1.807, 2.05) is 0 Å². The van der Waals surface area contributed by atoms with E-state index in [1.165, 1.54) is 19.5 Å². The number of ether oxygens (including phenoxy) is 1. The lowest BCUT2D eigenvalue weighted by atomic mass is 9.85. The number of rotatable bonds is 1. The van der Waals surface area contributed by atoms with E-state index in [4.69, 9.17) is 4.74 Å². The normalized spacial score (nSPS) is 34.6. The first-order chi connectivity index (χ1) is 7.07. The molecule has 2 saturated heterocycles. The minimum absolute atomic E-state index is 0.359. The Bertz CT molecular complexity index is 206. The highest BCUT2D eigenvalue weighted by molar-refractivity contribution is 4.90. The zero-order valence-corrected chi connectivity index (χ0v) is 10.3. The largest absolute Gasteiger partial charge is 0.380 e. The summed E-state index contributed by atoms with van der Waals surface area (Å²) in [5.74, 6) is 0. The summed E-state index contributed by atoms with van der Waals surface area (Å²) in [5.41, 5.74) is 0.359. The van der Waals surface area contributed by atoms with Crippen molar-refractivity contribution in [3.63, 3.8) is 0 Å². The molecule has 0 saturated carbocycles. The highest BCUT2D eigenvalue weighted by Crippen LogP contribution is 2.24. The lowest BCUT2D eigenvalue weighted by molar-refractivity contribution is 0.0861. The van der Waals surface area contributed by atoms with Gasteiger partial charge in [0, 0.05) is 38.3 Å². The number of piperazine rings is 1. The number of nitrogens with zero attached hydrogens (tertiary/aromatic N) is 1. The number of nitrogens with one attached hydrogen (secondary N) is 1. The van der Waals surface area contributed by atoms with Crippen molar-refractivity contribution in [2.75, 3.05) is 32.8 Å². The minimum atomic E-state index is 0.359. The Hall–Kier alpha value is -0.120. The van der Waals surface area contributed by atoms with Crippen molar-refractivity contribution in [1.82, 2.24) is 10.2 Å². The Kier molecular flexibility index (Phi) is 3.33. The van der Waals surface area contributed by atoms with Crippen molar-refractivity contribution in [2.45, 2.75) is 39.3 Å². The third kappa shape index (κ3) is 2.71. The molecule has 0 spiro atoms. The Morgan fingerprint density at radius 2 is 2.13 bits per heavy atom. The Morgan fingerprint density at radius 3 is 2.73 bits per heavy atom. The van der Waals surface area contributed by atoms with Crippen LogP contribution in [0, 0.1) is 5.41 Å². The van der Waals surface area contributed by atoms with Gasteiger partial charge in [0.1, 0.15) is 0 Å². The van der Waals surface area contributed by atoms with Gasteiger partial charge >= 0.3 is 0 Å². The zero-order chi connectivity index (χ0) is 10.9. The third-order valence-corrected chi connectivity index (χ3v) is 3.67. The van der Waals surface area contributed by atoms with Gasteiger partial charge in [-0.3, -0.25) is 4.90 Å². The molecule has 2 rings (SSSR count). The molecule has 2 heterocycles. The van der Waals surface area contributed by atoms with Crippen molar-refractivity contribution >= 4 is 0 Å². The molecule has 0 bridgehead atoms. The summed E-state index contributed by atoms with van der Waals surface area (Å²) < 4.78 is 5.47. The van der Waals surface area contributed by atoms with E-state index < -0.39 is 0 Å². The highest BCUT2D eigenvalue weighted by Gasteiger charge is 2.33. The van der Waals surface area contributed by atoms with Crippen molar-refractivity contribution in [3.05, 3.63) is 0 Å². The summed E-state index contributed by atoms with van der Waals surface area (Å²) in [6.07, 6.45) is 1.22. The fraction of sp³-hybridized carbons (Fsp3) is 1.00. The number of hydrogen-bond acceptors (Lipinski definition) is 3. The van der Waals surface area contributed by atoms with Crippen molar-refractivity contribution in [1.29, 1.82) is 0 Å². The van der Waals surface area contributed by atoms with Crippen LogP contribution in [0.3, 0.4) is 0 Å². The predicted molar refractivity (Wildman–Crippen MR) is 62.0 cm³/mol. The molecule has 15 heavy (non-hydrogen) atoms. The molecule has 2 aliphatic rings. The average molecular weight is 212 g/mol. The van der Waals surface area contributed by atoms with Crippen LogP contribution in [-0.4, -0.2) is 49.8 Å². The smallest absolute Gasteiger partial charge is 0.0622 e. The van der Waals surface area contributed by atoms with E-state index in [2.05, 4.69) is 31.0 Å². The Morgan fingerprint density at radius 1 is 1.33 bits per heavy atom. The summed E-state index contributed by atoms with van der Waals surface area (Å²) in [6.45, 7) is 12.3. The maximum Gasteiger partial charge on any atom is 0.0622 e. The van der Waals surface area contributed by atoms with E-state index in [1.54, 1.807) is 0 Å². The van der Waals surface area contributed by atoms with Crippen LogP contribution in [0.1, 0.15) is 27.2 Å². The lowest BCUT2D eigenvalue weighted by Gasteiger charge is -2.42. The van der Waals surface area contributed by atoms with Crippen LogP contribution < -0.4 is 5.32 Å². The molecule has 3 nitrogen and oxygen atoms in total. The van der Waals surface area contributed by atoms with Crippen LogP contribution in [0.15, 0.2) is 0 Å². The molecule has 0 radical (unpaired) electrons. The van der Waals surface area contributed by atoms with Gasteiger partial charge in [-0.2, -0.15) is 0 Å². The second-order valence-electron chi connectivity index (χ2n) is 5.89. The molecule has 88 valence electrons. The van der Waals surface area contributed by atoms with Crippen molar-refractivity contribution in [2.24, 2.45) is 5.41 Å². The van der Waals surface area contributed by atoms with Crippen LogP contribution in [0.4, 0.5) is 0 Å². The molecule has 2 atom stereocenters. The van der Waals surface area contributed by atoms with Gasteiger partial charge < -0.3 is 10.1 Å². The molecule has 2 aliphatic heterocycles. The maximum atomic E-state index is 5.47. The maximum absolute atomic E-state index is 5.47. The summed E-state index contributed by atoms with van der Waals surface area (Å²) in [5, 5.41) is 3.63. The summed E-state index contributed by atoms with van der Waals surface area (Å²) in [6, 6.07) is 1.30. The van der Waals surface area contributed by atoms with Crippen LogP contribution >= 0.6 is 0 Å². The molecule has 0 aliphatic carbocycles. The van der Waals surface area contributed by atoms with Crippen LogP contribution in [0.2, 0.25) is 0 Å². The van der Waals surface area contributed by atoms with Gasteiger partial charge in [0.25, 0.3) is 0 Å². The highest BCUT2D eigenvalue weighted by atomic mass is 16.5. The number of hydrogen-bond donors (Lipinski definition) is 1. The van der Waals surface area contributed by atoms with E-state index in [-0.39, 0.29) is 0 Å². The fourth-order valence-electron chi connectivity index (χ4n) is 2.49. The first-order valence-corrected chi connectivity index (χ1v) is 6.12. The first-order valence-electron chi connectivity index (χ1n) is 6.12. The molecule has 0 aromatic heterocycles. The van der Waals surface area contributed by atoms with E-state index in [9.17, 15) is 0 Å². The van der Waals surface area contributed by atoms with Gasteiger partial charge in [0.05, 0.1) is 6.61 Å². The van der Waals surface area contributed by atoms with Gasteiger partial charge in [0.15, 0.2) is 0 Å². The van der Waals surface area contributed by atoms with Crippen LogP contribution in [0.25, 0.3) is 0 Å². The van der Waals surface area contributed by atoms with E-state index >= 15 is 0 Å². The molecule has 2 fully saturated rings. The van der Waals surface area contributed by atoms with Gasteiger partial charge in [-0.15, -0.1) is 0 Å². The second-order valence-corrected chi connectivity index (χ2v) is 5.89. The Labute approximate surface area is 93.2 Å². The lowest BCUT2D eigenvalue weighted by Crippen LogP contribution is -2.58. The van der Waals surface area contributed by atoms with Gasteiger partial charge in [-0.05, 0) is 11.8 Å². The molecule has 2 unspecified atom stereocenters. The first kappa shape index (κ1) is 11.4. The minimum Gasteiger partial charge on any atom is -0.380 e. The molecular weight excluding hydrogens is 188 g/mol. The second kappa shape index (κ2) is 4.40. The van der Waals surface area contributed by atoms with E-state index in [0.717, 1.165) is 19.8 Å². The molecule has 1 N–H and O–H groups in total. The van der Waals surface area contributed by atoms with Gasteiger partial charge in [-0.1, -0.05) is 20.8 Å². The van der Waals surface area contributed by atoms with Crippen LogP contribution in [-0.2, 0) is 4.74 Å². The SMILES string of the molecule is CC(C)(C)C1CN(C2CCOC2)CCN1. The van der Waals surface area contributed by atoms with Gasteiger partial charge in [-0.25, -0.2) is 0 Å². The molecule has 0 aromatic rings. The topological polar surface area (TPSA) is 24.5 Å². The summed E-state index contributed by atoms with van der Waals surface area (Å²) in [4.78, 5) is 2.61. The monoisotopic (exact) mass is 212 g/mol. The summed E-state index contributed by atoms with van der Waals surface area (Å²) in [7, 11) is 0. The molecule has 3 heteroatoms.